The number of aromatic hydroxyl groups is 1. The highest BCUT2D eigenvalue weighted by Crippen LogP contribution is 2.43. The highest BCUT2D eigenvalue weighted by atomic mass is 16.3. The van der Waals surface area contributed by atoms with E-state index in [-0.39, 0.29) is 22.5 Å². The monoisotopic (exact) mass is 441 g/mol. The van der Waals surface area contributed by atoms with Crippen LogP contribution < -0.4 is 0 Å². The molecular formula is C29H35N3O. The first-order valence-corrected chi connectivity index (χ1v) is 11.8. The molecule has 4 aromatic rings. The molecule has 0 bridgehead atoms. The summed E-state index contributed by atoms with van der Waals surface area (Å²) in [5.41, 5.74) is 5.66. The Morgan fingerprint density at radius 3 is 1.97 bits per heavy atom. The summed E-state index contributed by atoms with van der Waals surface area (Å²) in [5.74, 6) is 0.335. The SMILES string of the molecule is CCC(c1ccccc1)c1cc(C(C)(C)CC(C)(C)C)cc(-n2nc3ccccc3n2)c1O. The topological polar surface area (TPSA) is 50.9 Å². The van der Waals surface area contributed by atoms with Gasteiger partial charge in [-0.3, -0.25) is 0 Å². The second-order valence-electron chi connectivity index (χ2n) is 10.9. The Hall–Kier alpha value is -3.14. The van der Waals surface area contributed by atoms with Crippen molar-refractivity contribution in [3.8, 4) is 11.4 Å². The van der Waals surface area contributed by atoms with E-state index in [2.05, 4.69) is 88.1 Å². The van der Waals surface area contributed by atoms with Gasteiger partial charge in [0.15, 0.2) is 0 Å². The molecule has 0 amide bonds. The van der Waals surface area contributed by atoms with Crippen LogP contribution in [-0.4, -0.2) is 20.1 Å². The molecule has 4 heteroatoms. The molecule has 0 fully saturated rings. The molecule has 1 aromatic heterocycles. The minimum atomic E-state index is -0.0863. The van der Waals surface area contributed by atoms with Crippen LogP contribution in [0.25, 0.3) is 16.7 Å². The van der Waals surface area contributed by atoms with Crippen molar-refractivity contribution in [1.82, 2.24) is 15.0 Å². The van der Waals surface area contributed by atoms with Crippen molar-refractivity contribution in [2.24, 2.45) is 5.41 Å². The van der Waals surface area contributed by atoms with Crippen molar-refractivity contribution >= 4 is 11.0 Å². The molecule has 0 saturated carbocycles. The van der Waals surface area contributed by atoms with E-state index in [1.807, 2.05) is 30.3 Å². The van der Waals surface area contributed by atoms with Gasteiger partial charge in [-0.15, -0.1) is 15.0 Å². The Kier molecular flexibility index (Phi) is 6.04. The molecule has 1 heterocycles. The van der Waals surface area contributed by atoms with E-state index in [0.29, 0.717) is 5.69 Å². The average molecular weight is 442 g/mol. The second-order valence-corrected chi connectivity index (χ2v) is 10.9. The van der Waals surface area contributed by atoms with Crippen molar-refractivity contribution in [2.45, 2.75) is 65.7 Å². The van der Waals surface area contributed by atoms with E-state index in [1.54, 1.807) is 4.80 Å². The lowest BCUT2D eigenvalue weighted by atomic mass is 9.71. The standard InChI is InChI=1S/C29H35N3O/c1-7-22(20-13-9-8-10-14-20)23-17-21(29(5,6)19-28(2,3)4)18-26(27(23)33)32-30-24-15-11-12-16-25(24)31-32/h8-18,22,33H,7,19H2,1-6H3. The number of phenolic OH excluding ortho intramolecular Hbond substituents is 1. The van der Waals surface area contributed by atoms with Gasteiger partial charge in [-0.2, -0.15) is 0 Å². The Morgan fingerprint density at radius 2 is 1.42 bits per heavy atom. The lowest BCUT2D eigenvalue weighted by molar-refractivity contribution is 0.283. The molecule has 0 saturated heterocycles. The summed E-state index contributed by atoms with van der Waals surface area (Å²) in [5, 5.41) is 20.9. The number of aromatic nitrogens is 3. The number of benzene rings is 3. The van der Waals surface area contributed by atoms with Crippen molar-refractivity contribution in [3.05, 3.63) is 83.4 Å². The van der Waals surface area contributed by atoms with Crippen molar-refractivity contribution in [2.75, 3.05) is 0 Å². The van der Waals surface area contributed by atoms with Gasteiger partial charge in [-0.05, 0) is 53.0 Å². The number of nitrogens with zero attached hydrogens (tertiary/aromatic N) is 3. The van der Waals surface area contributed by atoms with Gasteiger partial charge in [0.1, 0.15) is 22.5 Å². The third-order valence-electron chi connectivity index (χ3n) is 6.36. The molecule has 0 aliphatic rings. The lowest BCUT2D eigenvalue weighted by Gasteiger charge is -2.34. The summed E-state index contributed by atoms with van der Waals surface area (Å²) in [6.45, 7) is 13.6. The molecular weight excluding hydrogens is 406 g/mol. The van der Waals surface area contributed by atoms with Crippen molar-refractivity contribution in [3.63, 3.8) is 0 Å². The third kappa shape index (κ3) is 4.80. The summed E-state index contributed by atoms with van der Waals surface area (Å²) in [6.07, 6.45) is 1.90. The maximum absolute atomic E-state index is 11.6. The smallest absolute Gasteiger partial charge is 0.146 e. The summed E-state index contributed by atoms with van der Waals surface area (Å²) in [6, 6.07) is 22.5. The zero-order valence-electron chi connectivity index (χ0n) is 20.6. The molecule has 4 rings (SSSR count). The molecule has 0 aliphatic carbocycles. The van der Waals surface area contributed by atoms with E-state index in [1.165, 1.54) is 11.1 Å². The van der Waals surface area contributed by atoms with E-state index in [0.717, 1.165) is 29.4 Å². The molecule has 1 unspecified atom stereocenters. The fourth-order valence-electron chi connectivity index (χ4n) is 5.17. The van der Waals surface area contributed by atoms with Crippen LogP contribution in [0.1, 0.15) is 77.0 Å². The minimum Gasteiger partial charge on any atom is -0.505 e. The van der Waals surface area contributed by atoms with E-state index in [9.17, 15) is 5.11 Å². The summed E-state index contributed by atoms with van der Waals surface area (Å²) in [7, 11) is 0. The average Bonchev–Trinajstić information content (AvgIpc) is 3.18. The Labute approximate surface area is 197 Å². The van der Waals surface area contributed by atoms with Crippen molar-refractivity contribution < 1.29 is 5.11 Å². The molecule has 0 radical (unpaired) electrons. The first-order valence-electron chi connectivity index (χ1n) is 11.8. The number of hydrogen-bond donors (Lipinski definition) is 1. The predicted molar refractivity (Wildman–Crippen MR) is 136 cm³/mol. The van der Waals surface area contributed by atoms with Gasteiger partial charge in [0.05, 0.1) is 0 Å². The van der Waals surface area contributed by atoms with Gasteiger partial charge in [0, 0.05) is 11.5 Å². The van der Waals surface area contributed by atoms with Gasteiger partial charge in [0.2, 0.25) is 0 Å². The molecule has 1 atom stereocenters. The van der Waals surface area contributed by atoms with Crippen LogP contribution in [0.4, 0.5) is 0 Å². The van der Waals surface area contributed by atoms with Crippen LogP contribution in [0.2, 0.25) is 0 Å². The van der Waals surface area contributed by atoms with Gasteiger partial charge in [-0.1, -0.05) is 90.1 Å². The largest absolute Gasteiger partial charge is 0.505 e. The zero-order valence-corrected chi connectivity index (χ0v) is 20.6. The first-order chi connectivity index (χ1) is 15.6. The molecule has 3 aromatic carbocycles. The van der Waals surface area contributed by atoms with Crippen LogP contribution in [0.5, 0.6) is 5.75 Å². The van der Waals surface area contributed by atoms with Gasteiger partial charge >= 0.3 is 0 Å². The molecule has 1 N–H and O–H groups in total. The maximum Gasteiger partial charge on any atom is 0.146 e. The van der Waals surface area contributed by atoms with Gasteiger partial charge in [-0.25, -0.2) is 0 Å². The van der Waals surface area contributed by atoms with Crippen LogP contribution in [0.15, 0.2) is 66.7 Å². The molecule has 0 spiro atoms. The Bertz CT molecular complexity index is 1220. The number of hydrogen-bond acceptors (Lipinski definition) is 3. The molecule has 172 valence electrons. The highest BCUT2D eigenvalue weighted by molar-refractivity contribution is 5.74. The predicted octanol–water partition coefficient (Wildman–Crippen LogP) is 7.38. The fourth-order valence-corrected chi connectivity index (χ4v) is 5.17. The van der Waals surface area contributed by atoms with Crippen LogP contribution >= 0.6 is 0 Å². The van der Waals surface area contributed by atoms with Gasteiger partial charge < -0.3 is 5.11 Å². The van der Waals surface area contributed by atoms with E-state index in [4.69, 9.17) is 0 Å². The molecule has 0 aliphatic heterocycles. The van der Waals surface area contributed by atoms with Crippen LogP contribution in [-0.2, 0) is 5.41 Å². The quantitative estimate of drug-likeness (QED) is 0.339. The zero-order chi connectivity index (χ0) is 23.8. The molecule has 4 nitrogen and oxygen atoms in total. The maximum atomic E-state index is 11.6. The minimum absolute atomic E-state index is 0.0836. The third-order valence-corrected chi connectivity index (χ3v) is 6.36. The first kappa shape index (κ1) is 23.0. The van der Waals surface area contributed by atoms with E-state index >= 15 is 0 Å². The summed E-state index contributed by atoms with van der Waals surface area (Å²) >= 11 is 0. The van der Waals surface area contributed by atoms with Crippen molar-refractivity contribution in [1.29, 1.82) is 0 Å². The number of phenols is 1. The highest BCUT2D eigenvalue weighted by Gasteiger charge is 2.31. The second kappa shape index (κ2) is 8.66. The van der Waals surface area contributed by atoms with Crippen LogP contribution in [0.3, 0.4) is 0 Å². The summed E-state index contributed by atoms with van der Waals surface area (Å²) in [4.78, 5) is 1.60. The normalized spacial score (nSPS) is 13.4. The number of fused-ring (bicyclic) bond motifs is 1. The summed E-state index contributed by atoms with van der Waals surface area (Å²) < 4.78 is 0. The Balaban J connectivity index is 1.94. The van der Waals surface area contributed by atoms with E-state index < -0.39 is 0 Å². The number of rotatable bonds is 6. The Morgan fingerprint density at radius 1 is 0.848 bits per heavy atom. The fraction of sp³-hybridized carbons (Fsp3) is 0.379. The molecule has 33 heavy (non-hydrogen) atoms. The van der Waals surface area contributed by atoms with Crippen LogP contribution in [0, 0.1) is 5.41 Å². The van der Waals surface area contributed by atoms with Gasteiger partial charge in [0.25, 0.3) is 0 Å². The lowest BCUT2D eigenvalue weighted by Crippen LogP contribution is -2.25.